The van der Waals surface area contributed by atoms with Crippen LogP contribution in [-0.4, -0.2) is 6.18 Å². The lowest BCUT2D eigenvalue weighted by Gasteiger charge is -2.15. The molecule has 1 heterocycles. The standard InChI is InChI=1S/C9H12ClF3N2O/c10-8-6(3-5-16-8)7(15-14)2-1-4-9(11,12)13/h3,5,7,15H,1-2,4,14H2. The highest BCUT2D eigenvalue weighted by Crippen LogP contribution is 2.29. The summed E-state index contributed by atoms with van der Waals surface area (Å²) in [6.45, 7) is 0. The van der Waals surface area contributed by atoms with Gasteiger partial charge in [-0.2, -0.15) is 13.2 Å². The van der Waals surface area contributed by atoms with Gasteiger partial charge in [0.2, 0.25) is 0 Å². The van der Waals surface area contributed by atoms with Gasteiger partial charge in [-0.15, -0.1) is 0 Å². The Morgan fingerprint density at radius 3 is 2.62 bits per heavy atom. The number of hydrogen-bond acceptors (Lipinski definition) is 3. The van der Waals surface area contributed by atoms with Gasteiger partial charge >= 0.3 is 6.18 Å². The number of alkyl halides is 3. The lowest BCUT2D eigenvalue weighted by molar-refractivity contribution is -0.135. The first-order valence-corrected chi connectivity index (χ1v) is 5.07. The third-order valence-electron chi connectivity index (χ3n) is 2.18. The Hall–Kier alpha value is -0.720. The predicted molar refractivity (Wildman–Crippen MR) is 53.7 cm³/mol. The van der Waals surface area contributed by atoms with E-state index in [1.54, 1.807) is 6.07 Å². The van der Waals surface area contributed by atoms with E-state index in [1.807, 2.05) is 0 Å². The monoisotopic (exact) mass is 256 g/mol. The van der Waals surface area contributed by atoms with Crippen molar-refractivity contribution in [2.24, 2.45) is 5.84 Å². The first-order chi connectivity index (χ1) is 7.44. The fourth-order valence-corrected chi connectivity index (χ4v) is 1.64. The number of furan rings is 1. The second kappa shape index (κ2) is 5.56. The number of halogens is 4. The molecule has 1 aromatic rings. The van der Waals surface area contributed by atoms with Crippen molar-refractivity contribution in [1.82, 2.24) is 5.43 Å². The highest BCUT2D eigenvalue weighted by Gasteiger charge is 2.27. The van der Waals surface area contributed by atoms with Crippen LogP contribution >= 0.6 is 11.6 Å². The minimum atomic E-state index is -4.14. The van der Waals surface area contributed by atoms with Crippen LogP contribution in [0.2, 0.25) is 5.22 Å². The highest BCUT2D eigenvalue weighted by molar-refractivity contribution is 6.29. The molecule has 1 rings (SSSR count). The molecule has 0 fully saturated rings. The first kappa shape index (κ1) is 13.3. The average molecular weight is 257 g/mol. The molecule has 0 aliphatic heterocycles. The second-order valence-electron chi connectivity index (χ2n) is 3.38. The van der Waals surface area contributed by atoms with Crippen LogP contribution in [0.15, 0.2) is 16.7 Å². The van der Waals surface area contributed by atoms with Crippen LogP contribution in [0.5, 0.6) is 0 Å². The van der Waals surface area contributed by atoms with Crippen LogP contribution in [0.3, 0.4) is 0 Å². The molecular formula is C9H12ClF3N2O. The number of hydrogen-bond donors (Lipinski definition) is 2. The Balaban J connectivity index is 2.48. The van der Waals surface area contributed by atoms with Gasteiger partial charge in [0.25, 0.3) is 0 Å². The van der Waals surface area contributed by atoms with E-state index >= 15 is 0 Å². The summed E-state index contributed by atoms with van der Waals surface area (Å²) < 4.78 is 40.6. The Kier molecular flexibility index (Phi) is 4.64. The normalized spacial score (nSPS) is 14.1. The second-order valence-corrected chi connectivity index (χ2v) is 3.72. The average Bonchev–Trinajstić information content (AvgIpc) is 2.58. The van der Waals surface area contributed by atoms with Crippen LogP contribution in [0.4, 0.5) is 13.2 Å². The molecule has 0 aliphatic carbocycles. The van der Waals surface area contributed by atoms with Crippen molar-refractivity contribution in [2.45, 2.75) is 31.5 Å². The Morgan fingerprint density at radius 2 is 2.19 bits per heavy atom. The molecule has 0 aliphatic rings. The van der Waals surface area contributed by atoms with Crippen molar-refractivity contribution >= 4 is 11.6 Å². The van der Waals surface area contributed by atoms with Gasteiger partial charge in [0.1, 0.15) is 0 Å². The van der Waals surface area contributed by atoms with E-state index in [4.69, 9.17) is 21.9 Å². The fraction of sp³-hybridized carbons (Fsp3) is 0.556. The summed E-state index contributed by atoms with van der Waals surface area (Å²) in [4.78, 5) is 0. The summed E-state index contributed by atoms with van der Waals surface area (Å²) in [5.41, 5.74) is 3.00. The van der Waals surface area contributed by atoms with Crippen molar-refractivity contribution in [2.75, 3.05) is 0 Å². The molecule has 16 heavy (non-hydrogen) atoms. The number of rotatable bonds is 5. The summed E-state index contributed by atoms with van der Waals surface area (Å²) in [5, 5.41) is 0.148. The SMILES string of the molecule is NNC(CCCC(F)(F)F)c1ccoc1Cl. The maximum absolute atomic E-state index is 11.9. The lowest BCUT2D eigenvalue weighted by atomic mass is 10.0. The number of nitrogens with two attached hydrogens (primary N) is 1. The van der Waals surface area contributed by atoms with E-state index < -0.39 is 18.6 Å². The first-order valence-electron chi connectivity index (χ1n) is 4.70. The van der Waals surface area contributed by atoms with Gasteiger partial charge in [-0.1, -0.05) is 0 Å². The molecule has 7 heteroatoms. The van der Waals surface area contributed by atoms with Gasteiger partial charge in [-0.05, 0) is 30.5 Å². The number of nitrogens with one attached hydrogen (secondary N) is 1. The van der Waals surface area contributed by atoms with E-state index in [2.05, 4.69) is 5.43 Å². The Labute approximate surface area is 95.7 Å². The van der Waals surface area contributed by atoms with Gasteiger partial charge in [-0.25, -0.2) is 0 Å². The maximum Gasteiger partial charge on any atom is 0.389 e. The predicted octanol–water partition coefficient (Wildman–Crippen LogP) is 3.17. The van der Waals surface area contributed by atoms with Crippen molar-refractivity contribution in [1.29, 1.82) is 0 Å². The summed E-state index contributed by atoms with van der Waals surface area (Å²) >= 11 is 5.70. The summed E-state index contributed by atoms with van der Waals surface area (Å²) in [5.74, 6) is 5.25. The molecule has 0 spiro atoms. The molecule has 0 aromatic carbocycles. The zero-order valence-corrected chi connectivity index (χ0v) is 9.11. The van der Waals surface area contributed by atoms with E-state index in [0.717, 1.165) is 0 Å². The molecule has 0 bridgehead atoms. The van der Waals surface area contributed by atoms with Crippen LogP contribution in [0.25, 0.3) is 0 Å². The molecule has 0 saturated heterocycles. The van der Waals surface area contributed by atoms with Gasteiger partial charge in [0.15, 0.2) is 5.22 Å². The molecular weight excluding hydrogens is 245 g/mol. The van der Waals surface area contributed by atoms with Crippen LogP contribution in [0.1, 0.15) is 30.9 Å². The largest absolute Gasteiger partial charge is 0.453 e. The Bertz CT molecular complexity index is 327. The summed E-state index contributed by atoms with van der Waals surface area (Å²) in [6, 6.07) is 1.16. The zero-order chi connectivity index (χ0) is 12.2. The van der Waals surface area contributed by atoms with Crippen LogP contribution < -0.4 is 11.3 Å². The van der Waals surface area contributed by atoms with Gasteiger partial charge in [-0.3, -0.25) is 11.3 Å². The van der Waals surface area contributed by atoms with Crippen LogP contribution in [-0.2, 0) is 0 Å². The third-order valence-corrected chi connectivity index (χ3v) is 2.48. The van der Waals surface area contributed by atoms with E-state index in [9.17, 15) is 13.2 Å². The third kappa shape index (κ3) is 4.03. The van der Waals surface area contributed by atoms with Crippen molar-refractivity contribution < 1.29 is 17.6 Å². The molecule has 1 unspecified atom stereocenters. The van der Waals surface area contributed by atoms with Gasteiger partial charge in [0.05, 0.1) is 12.3 Å². The minimum Gasteiger partial charge on any atom is -0.453 e. The minimum absolute atomic E-state index is 0.0140. The zero-order valence-electron chi connectivity index (χ0n) is 8.35. The molecule has 1 aromatic heterocycles. The molecule has 1 atom stereocenters. The Morgan fingerprint density at radius 1 is 1.50 bits per heavy atom. The fourth-order valence-electron chi connectivity index (χ4n) is 1.39. The number of hydrazine groups is 1. The summed E-state index contributed by atoms with van der Waals surface area (Å²) in [6.07, 6.45) is -3.37. The van der Waals surface area contributed by atoms with Crippen molar-refractivity contribution in [3.63, 3.8) is 0 Å². The van der Waals surface area contributed by atoms with E-state index in [-0.39, 0.29) is 18.1 Å². The molecule has 0 amide bonds. The van der Waals surface area contributed by atoms with Gasteiger partial charge in [0, 0.05) is 12.0 Å². The lowest BCUT2D eigenvalue weighted by Crippen LogP contribution is -2.28. The highest BCUT2D eigenvalue weighted by atomic mass is 35.5. The van der Waals surface area contributed by atoms with E-state index in [1.165, 1.54) is 6.26 Å². The molecule has 3 N–H and O–H groups in total. The maximum atomic E-state index is 11.9. The molecule has 0 saturated carbocycles. The topological polar surface area (TPSA) is 51.2 Å². The molecule has 92 valence electrons. The van der Waals surface area contributed by atoms with Crippen molar-refractivity contribution in [3.05, 3.63) is 23.1 Å². The molecule has 0 radical (unpaired) electrons. The summed E-state index contributed by atoms with van der Waals surface area (Å²) in [7, 11) is 0. The van der Waals surface area contributed by atoms with Gasteiger partial charge < -0.3 is 4.42 Å². The van der Waals surface area contributed by atoms with E-state index in [0.29, 0.717) is 5.56 Å². The smallest absolute Gasteiger partial charge is 0.389 e. The van der Waals surface area contributed by atoms with Crippen LogP contribution in [0, 0.1) is 0 Å². The quantitative estimate of drug-likeness (QED) is 0.628. The molecule has 3 nitrogen and oxygen atoms in total. The van der Waals surface area contributed by atoms with Crippen molar-refractivity contribution in [3.8, 4) is 0 Å².